The fourth-order valence-corrected chi connectivity index (χ4v) is 2.12. The molecule has 20 heavy (non-hydrogen) atoms. The van der Waals surface area contributed by atoms with E-state index in [4.69, 9.17) is 10.8 Å². The first-order valence-electron chi connectivity index (χ1n) is 7.02. The first-order chi connectivity index (χ1) is 9.35. The van der Waals surface area contributed by atoms with Gasteiger partial charge in [0.05, 0.1) is 12.5 Å². The second-order valence-corrected chi connectivity index (χ2v) is 6.39. The maximum absolute atomic E-state index is 12.1. The SMILES string of the molecule is CC(C)(C)CC(CN)C(=O)NCc1ccc(CO)cc1. The summed E-state index contributed by atoms with van der Waals surface area (Å²) in [5.41, 5.74) is 7.67. The van der Waals surface area contributed by atoms with Crippen molar-refractivity contribution in [1.82, 2.24) is 5.32 Å². The molecule has 112 valence electrons. The van der Waals surface area contributed by atoms with Gasteiger partial charge in [0.15, 0.2) is 0 Å². The van der Waals surface area contributed by atoms with Crippen LogP contribution in [0.3, 0.4) is 0 Å². The minimum absolute atomic E-state index is 0.00802. The zero-order chi connectivity index (χ0) is 15.2. The van der Waals surface area contributed by atoms with Crippen LogP contribution >= 0.6 is 0 Å². The molecule has 0 radical (unpaired) electrons. The minimum atomic E-state index is -0.147. The van der Waals surface area contributed by atoms with Crippen molar-refractivity contribution in [3.63, 3.8) is 0 Å². The van der Waals surface area contributed by atoms with Crippen molar-refractivity contribution in [3.8, 4) is 0 Å². The second-order valence-electron chi connectivity index (χ2n) is 6.39. The Kier molecular flexibility index (Phi) is 6.17. The minimum Gasteiger partial charge on any atom is -0.392 e. The third kappa shape index (κ3) is 5.72. The first kappa shape index (κ1) is 16.7. The van der Waals surface area contributed by atoms with Crippen LogP contribution in [0.25, 0.3) is 0 Å². The monoisotopic (exact) mass is 278 g/mol. The van der Waals surface area contributed by atoms with Gasteiger partial charge in [0.1, 0.15) is 0 Å². The Morgan fingerprint density at radius 3 is 2.25 bits per heavy atom. The molecule has 0 aromatic heterocycles. The molecule has 0 spiro atoms. The van der Waals surface area contributed by atoms with Crippen molar-refractivity contribution >= 4 is 5.91 Å². The summed E-state index contributed by atoms with van der Waals surface area (Å²) < 4.78 is 0. The highest BCUT2D eigenvalue weighted by Gasteiger charge is 2.23. The number of benzene rings is 1. The molecule has 0 aliphatic carbocycles. The van der Waals surface area contributed by atoms with Gasteiger partial charge in [-0.2, -0.15) is 0 Å². The van der Waals surface area contributed by atoms with E-state index in [1.54, 1.807) is 0 Å². The molecule has 0 saturated heterocycles. The largest absolute Gasteiger partial charge is 0.392 e. The lowest BCUT2D eigenvalue weighted by Gasteiger charge is -2.24. The summed E-state index contributed by atoms with van der Waals surface area (Å²) in [6.07, 6.45) is 0.777. The van der Waals surface area contributed by atoms with E-state index in [9.17, 15) is 4.79 Å². The highest BCUT2D eigenvalue weighted by molar-refractivity contribution is 5.78. The molecule has 0 heterocycles. The van der Waals surface area contributed by atoms with E-state index in [2.05, 4.69) is 26.1 Å². The van der Waals surface area contributed by atoms with Crippen molar-refractivity contribution in [3.05, 3.63) is 35.4 Å². The topological polar surface area (TPSA) is 75.4 Å². The average molecular weight is 278 g/mol. The lowest BCUT2D eigenvalue weighted by Crippen LogP contribution is -2.36. The van der Waals surface area contributed by atoms with Gasteiger partial charge in [-0.3, -0.25) is 4.79 Å². The number of aliphatic hydroxyl groups excluding tert-OH is 1. The molecule has 4 N–H and O–H groups in total. The molecule has 1 atom stereocenters. The number of amides is 1. The van der Waals surface area contributed by atoms with Crippen LogP contribution in [0.1, 0.15) is 38.3 Å². The van der Waals surface area contributed by atoms with E-state index in [1.165, 1.54) is 0 Å². The number of carbonyl (C=O) groups excluding carboxylic acids is 1. The first-order valence-corrected chi connectivity index (χ1v) is 7.02. The summed E-state index contributed by atoms with van der Waals surface area (Å²) in [7, 11) is 0. The Morgan fingerprint density at radius 2 is 1.80 bits per heavy atom. The Labute approximate surface area is 121 Å². The van der Waals surface area contributed by atoms with Gasteiger partial charge < -0.3 is 16.2 Å². The molecule has 0 aliphatic rings. The van der Waals surface area contributed by atoms with Crippen LogP contribution < -0.4 is 11.1 Å². The Hall–Kier alpha value is -1.39. The van der Waals surface area contributed by atoms with Crippen LogP contribution in [-0.4, -0.2) is 17.6 Å². The Morgan fingerprint density at radius 1 is 1.25 bits per heavy atom. The average Bonchev–Trinajstić information content (AvgIpc) is 2.41. The van der Waals surface area contributed by atoms with E-state index in [0.717, 1.165) is 17.5 Å². The van der Waals surface area contributed by atoms with Crippen molar-refractivity contribution < 1.29 is 9.90 Å². The maximum atomic E-state index is 12.1. The molecule has 0 aliphatic heterocycles. The lowest BCUT2D eigenvalue weighted by atomic mass is 9.84. The van der Waals surface area contributed by atoms with Crippen LogP contribution in [0.15, 0.2) is 24.3 Å². The smallest absolute Gasteiger partial charge is 0.224 e. The van der Waals surface area contributed by atoms with Crippen LogP contribution in [0.2, 0.25) is 0 Å². The Bertz CT molecular complexity index is 421. The van der Waals surface area contributed by atoms with Gasteiger partial charge in [-0.25, -0.2) is 0 Å². The third-order valence-corrected chi connectivity index (χ3v) is 3.19. The van der Waals surface area contributed by atoms with Gasteiger partial charge in [0.25, 0.3) is 0 Å². The number of hydrogen-bond acceptors (Lipinski definition) is 3. The van der Waals surface area contributed by atoms with Gasteiger partial charge >= 0.3 is 0 Å². The van der Waals surface area contributed by atoms with Crippen molar-refractivity contribution in [2.24, 2.45) is 17.1 Å². The molecule has 4 nitrogen and oxygen atoms in total. The number of aliphatic hydroxyl groups is 1. The number of carbonyl (C=O) groups is 1. The van der Waals surface area contributed by atoms with Gasteiger partial charge in [0.2, 0.25) is 5.91 Å². The summed E-state index contributed by atoms with van der Waals surface area (Å²) >= 11 is 0. The van der Waals surface area contributed by atoms with Crippen molar-refractivity contribution in [2.75, 3.05) is 6.54 Å². The standard InChI is InChI=1S/C16H26N2O2/c1-16(2,3)8-14(9-17)15(20)18-10-12-4-6-13(11-19)7-5-12/h4-7,14,19H,8-11,17H2,1-3H3,(H,18,20). The van der Waals surface area contributed by atoms with Gasteiger partial charge in [-0.15, -0.1) is 0 Å². The van der Waals surface area contributed by atoms with E-state index in [-0.39, 0.29) is 23.8 Å². The normalized spacial score (nSPS) is 13.1. The molecular formula is C16H26N2O2. The predicted octanol–water partition coefficient (Wildman–Crippen LogP) is 1.81. The lowest BCUT2D eigenvalue weighted by molar-refractivity contribution is -0.125. The summed E-state index contributed by atoms with van der Waals surface area (Å²) in [4.78, 5) is 12.1. The molecule has 0 bridgehead atoms. The van der Waals surface area contributed by atoms with Gasteiger partial charge in [-0.05, 0) is 23.0 Å². The van der Waals surface area contributed by atoms with E-state index < -0.39 is 0 Å². The molecule has 1 aromatic carbocycles. The van der Waals surface area contributed by atoms with Crippen molar-refractivity contribution in [1.29, 1.82) is 0 Å². The van der Waals surface area contributed by atoms with E-state index >= 15 is 0 Å². The molecule has 1 unspecified atom stereocenters. The molecule has 1 amide bonds. The summed E-state index contributed by atoms with van der Waals surface area (Å²) in [6, 6.07) is 7.54. The Balaban J connectivity index is 2.52. The molecule has 1 aromatic rings. The quantitative estimate of drug-likeness (QED) is 0.743. The summed E-state index contributed by atoms with van der Waals surface area (Å²) in [6.45, 7) is 7.22. The highest BCUT2D eigenvalue weighted by atomic mass is 16.3. The molecular weight excluding hydrogens is 252 g/mol. The molecule has 4 heteroatoms. The molecule has 0 fully saturated rings. The zero-order valence-corrected chi connectivity index (χ0v) is 12.6. The van der Waals surface area contributed by atoms with Crippen LogP contribution in [-0.2, 0) is 17.9 Å². The molecule has 0 saturated carbocycles. The fourth-order valence-electron chi connectivity index (χ4n) is 2.12. The fraction of sp³-hybridized carbons (Fsp3) is 0.562. The highest BCUT2D eigenvalue weighted by Crippen LogP contribution is 2.24. The van der Waals surface area contributed by atoms with Crippen LogP contribution in [0, 0.1) is 11.3 Å². The summed E-state index contributed by atoms with van der Waals surface area (Å²) in [5.74, 6) is -0.139. The second kappa shape index (κ2) is 7.41. The number of nitrogens with one attached hydrogen (secondary N) is 1. The third-order valence-electron chi connectivity index (χ3n) is 3.19. The van der Waals surface area contributed by atoms with Gasteiger partial charge in [0, 0.05) is 13.1 Å². The van der Waals surface area contributed by atoms with Crippen LogP contribution in [0.5, 0.6) is 0 Å². The zero-order valence-electron chi connectivity index (χ0n) is 12.6. The number of nitrogens with two attached hydrogens (primary N) is 1. The van der Waals surface area contributed by atoms with E-state index in [0.29, 0.717) is 13.1 Å². The predicted molar refractivity (Wildman–Crippen MR) is 80.8 cm³/mol. The number of rotatable bonds is 6. The van der Waals surface area contributed by atoms with Gasteiger partial charge in [-0.1, -0.05) is 45.0 Å². The summed E-state index contributed by atoms with van der Waals surface area (Å²) in [5, 5.41) is 11.9. The van der Waals surface area contributed by atoms with Crippen LogP contribution in [0.4, 0.5) is 0 Å². The van der Waals surface area contributed by atoms with E-state index in [1.807, 2.05) is 24.3 Å². The molecule has 1 rings (SSSR count). The maximum Gasteiger partial charge on any atom is 0.224 e. The van der Waals surface area contributed by atoms with Crippen molar-refractivity contribution in [2.45, 2.75) is 40.3 Å². The number of hydrogen-bond donors (Lipinski definition) is 3.